The second-order valence-electron chi connectivity index (χ2n) is 6.83. The van der Waals surface area contributed by atoms with Gasteiger partial charge in [-0.2, -0.15) is 4.31 Å². The number of sulfonamides is 1. The second kappa shape index (κ2) is 8.83. The predicted molar refractivity (Wildman–Crippen MR) is 106 cm³/mol. The zero-order valence-corrected chi connectivity index (χ0v) is 17.6. The first kappa shape index (κ1) is 22.4. The third kappa shape index (κ3) is 5.05. The van der Waals surface area contributed by atoms with Crippen molar-refractivity contribution in [2.24, 2.45) is 0 Å². The average Bonchev–Trinajstić information content (AvgIpc) is 2.84. The van der Waals surface area contributed by atoms with Crippen LogP contribution in [0.2, 0.25) is 5.02 Å². The molecule has 11 heteroatoms. The van der Waals surface area contributed by atoms with E-state index in [1.54, 1.807) is 6.07 Å². The molecule has 1 atom stereocenters. The van der Waals surface area contributed by atoms with Crippen molar-refractivity contribution in [2.75, 3.05) is 13.7 Å². The highest BCUT2D eigenvalue weighted by Gasteiger charge is 2.45. The number of carbonyl (C=O) groups excluding carboxylic acids is 1. The van der Waals surface area contributed by atoms with Crippen LogP contribution in [0.25, 0.3) is 0 Å². The number of hydrogen-bond donors (Lipinski definition) is 1. The molecule has 3 rings (SSSR count). The summed E-state index contributed by atoms with van der Waals surface area (Å²) in [5.41, 5.74) is 0.411. The minimum absolute atomic E-state index is 0.159. The van der Waals surface area contributed by atoms with Gasteiger partial charge in [-0.3, -0.25) is 4.79 Å². The number of halogens is 3. The Labute approximate surface area is 178 Å². The van der Waals surface area contributed by atoms with Crippen molar-refractivity contribution in [3.8, 4) is 5.88 Å². The van der Waals surface area contributed by atoms with Crippen LogP contribution in [0.15, 0.2) is 47.5 Å². The number of ether oxygens (including phenoxy) is 1. The summed E-state index contributed by atoms with van der Waals surface area (Å²) in [4.78, 5) is 16.4. The van der Waals surface area contributed by atoms with E-state index in [4.69, 9.17) is 16.3 Å². The first-order valence-corrected chi connectivity index (χ1v) is 10.9. The summed E-state index contributed by atoms with van der Waals surface area (Å²) in [5, 5.41) is 2.70. The highest BCUT2D eigenvalue weighted by Crippen LogP contribution is 2.32. The molecule has 1 aliphatic heterocycles. The molecule has 1 aromatic heterocycles. The molecule has 1 amide bonds. The highest BCUT2D eigenvalue weighted by molar-refractivity contribution is 7.89. The molecular weight excluding hydrogens is 440 g/mol. The number of methoxy groups -OCH3 is 1. The molecule has 0 spiro atoms. The standard InChI is InChI=1S/C19H20ClF2N3O4S/c1-29-17-7-2-13(11-24-17)12-25(16-10-19(21,22)8-9-23-18(16)26)30(27,28)15-5-3-14(20)4-6-15/h2-7,11,16H,8-10,12H2,1H3,(H,23,26)/t16-/m1/s1. The lowest BCUT2D eigenvalue weighted by molar-refractivity contribution is -0.126. The fourth-order valence-corrected chi connectivity index (χ4v) is 4.81. The van der Waals surface area contributed by atoms with Gasteiger partial charge >= 0.3 is 0 Å². The Morgan fingerprint density at radius 2 is 1.97 bits per heavy atom. The monoisotopic (exact) mass is 459 g/mol. The minimum Gasteiger partial charge on any atom is -0.481 e. The lowest BCUT2D eigenvalue weighted by Gasteiger charge is -2.30. The minimum atomic E-state index is -4.31. The van der Waals surface area contributed by atoms with Crippen molar-refractivity contribution in [1.29, 1.82) is 0 Å². The topological polar surface area (TPSA) is 88.6 Å². The molecule has 0 saturated carbocycles. The molecule has 1 N–H and O–H groups in total. The van der Waals surface area contributed by atoms with Gasteiger partial charge < -0.3 is 10.1 Å². The molecule has 1 saturated heterocycles. The first-order chi connectivity index (χ1) is 14.1. The fourth-order valence-electron chi connectivity index (χ4n) is 3.11. The van der Waals surface area contributed by atoms with E-state index in [1.807, 2.05) is 0 Å². The quantitative estimate of drug-likeness (QED) is 0.717. The van der Waals surface area contributed by atoms with E-state index < -0.39 is 40.7 Å². The maximum absolute atomic E-state index is 14.3. The third-order valence-corrected chi connectivity index (χ3v) is 6.82. The summed E-state index contributed by atoms with van der Waals surface area (Å²) in [6.07, 6.45) is -0.112. The summed E-state index contributed by atoms with van der Waals surface area (Å²) in [5.74, 6) is -3.66. The Balaban J connectivity index is 2.04. The van der Waals surface area contributed by atoms with Crippen molar-refractivity contribution >= 4 is 27.5 Å². The number of nitrogens with one attached hydrogen (secondary N) is 1. The molecular formula is C19H20ClF2N3O4S. The summed E-state index contributed by atoms with van der Waals surface area (Å²) < 4.78 is 61.0. The van der Waals surface area contributed by atoms with Crippen molar-refractivity contribution in [3.05, 3.63) is 53.2 Å². The van der Waals surface area contributed by atoms with Gasteiger partial charge in [-0.05, 0) is 29.8 Å². The Morgan fingerprint density at radius 1 is 1.27 bits per heavy atom. The number of benzene rings is 1. The van der Waals surface area contributed by atoms with Crippen molar-refractivity contribution in [1.82, 2.24) is 14.6 Å². The number of pyridine rings is 1. The van der Waals surface area contributed by atoms with E-state index in [1.165, 1.54) is 43.6 Å². The largest absolute Gasteiger partial charge is 0.481 e. The lowest BCUT2D eigenvalue weighted by Crippen LogP contribution is -2.49. The zero-order chi connectivity index (χ0) is 21.9. The third-order valence-electron chi connectivity index (χ3n) is 4.70. The normalized spacial score (nSPS) is 19.2. The number of alkyl halides is 2. The Bertz CT molecular complexity index is 1000. The molecule has 1 aliphatic rings. The predicted octanol–water partition coefficient (Wildman–Crippen LogP) is 2.85. The molecule has 162 valence electrons. The van der Waals surface area contributed by atoms with Gasteiger partial charge in [-0.15, -0.1) is 0 Å². The summed E-state index contributed by atoms with van der Waals surface area (Å²) >= 11 is 5.84. The second-order valence-corrected chi connectivity index (χ2v) is 9.16. The molecule has 0 bridgehead atoms. The van der Waals surface area contributed by atoms with Crippen LogP contribution in [-0.4, -0.2) is 49.2 Å². The molecule has 30 heavy (non-hydrogen) atoms. The van der Waals surface area contributed by atoms with Gasteiger partial charge in [-0.25, -0.2) is 22.2 Å². The molecule has 0 unspecified atom stereocenters. The maximum atomic E-state index is 14.3. The van der Waals surface area contributed by atoms with Crippen LogP contribution in [0.4, 0.5) is 8.78 Å². The highest BCUT2D eigenvalue weighted by atomic mass is 35.5. The van der Waals surface area contributed by atoms with Crippen LogP contribution < -0.4 is 10.1 Å². The van der Waals surface area contributed by atoms with Crippen molar-refractivity contribution in [2.45, 2.75) is 36.2 Å². The molecule has 0 aliphatic carbocycles. The average molecular weight is 460 g/mol. The van der Waals surface area contributed by atoms with Gasteiger partial charge in [0.05, 0.1) is 12.0 Å². The van der Waals surface area contributed by atoms with Crippen LogP contribution in [0.1, 0.15) is 18.4 Å². The summed E-state index contributed by atoms with van der Waals surface area (Å²) in [6, 6.07) is 6.78. The van der Waals surface area contributed by atoms with Crippen molar-refractivity contribution in [3.63, 3.8) is 0 Å². The Kier molecular flexibility index (Phi) is 6.59. The van der Waals surface area contributed by atoms with Gasteiger partial charge in [-0.1, -0.05) is 17.7 Å². The summed E-state index contributed by atoms with van der Waals surface area (Å²) in [7, 11) is -2.88. The summed E-state index contributed by atoms with van der Waals surface area (Å²) in [6.45, 7) is -0.558. The van der Waals surface area contributed by atoms with Crippen molar-refractivity contribution < 1.29 is 26.7 Å². The number of hydrogen-bond acceptors (Lipinski definition) is 5. The Morgan fingerprint density at radius 3 is 2.57 bits per heavy atom. The zero-order valence-electron chi connectivity index (χ0n) is 16.0. The van der Waals surface area contributed by atoms with Crippen LogP contribution in [0.3, 0.4) is 0 Å². The molecule has 7 nitrogen and oxygen atoms in total. The van der Waals surface area contributed by atoms with E-state index in [0.29, 0.717) is 16.5 Å². The van der Waals surface area contributed by atoms with E-state index in [2.05, 4.69) is 10.3 Å². The van der Waals surface area contributed by atoms with Crippen LogP contribution >= 0.6 is 11.6 Å². The molecule has 2 heterocycles. The molecule has 0 radical (unpaired) electrons. The van der Waals surface area contributed by atoms with E-state index in [0.717, 1.165) is 4.31 Å². The van der Waals surface area contributed by atoms with Gasteiger partial charge in [0.1, 0.15) is 6.04 Å². The lowest BCUT2D eigenvalue weighted by atomic mass is 10.1. The SMILES string of the molecule is COc1ccc(CN([C@@H]2CC(F)(F)CCNC2=O)S(=O)(=O)c2ccc(Cl)cc2)cn1. The van der Waals surface area contributed by atoms with Gasteiger partial charge in [0.2, 0.25) is 21.8 Å². The smallest absolute Gasteiger partial charge is 0.251 e. The maximum Gasteiger partial charge on any atom is 0.251 e. The number of nitrogens with zero attached hydrogens (tertiary/aromatic N) is 2. The van der Waals surface area contributed by atoms with Crippen LogP contribution in [-0.2, 0) is 21.4 Å². The number of aromatic nitrogens is 1. The van der Waals surface area contributed by atoms with E-state index in [-0.39, 0.29) is 18.0 Å². The van der Waals surface area contributed by atoms with E-state index >= 15 is 0 Å². The Hall–Kier alpha value is -2.30. The van der Waals surface area contributed by atoms with Gasteiger partial charge in [0.15, 0.2) is 0 Å². The fraction of sp³-hybridized carbons (Fsp3) is 0.368. The molecule has 1 fully saturated rings. The first-order valence-electron chi connectivity index (χ1n) is 9.04. The van der Waals surface area contributed by atoms with E-state index in [9.17, 15) is 22.0 Å². The number of rotatable bonds is 6. The number of amides is 1. The number of carbonyl (C=O) groups is 1. The molecule has 2 aromatic rings. The van der Waals surface area contributed by atoms with Gasteiger partial charge in [0.25, 0.3) is 5.92 Å². The van der Waals surface area contributed by atoms with Gasteiger partial charge in [0, 0.05) is 43.2 Å². The molecule has 1 aromatic carbocycles. The van der Waals surface area contributed by atoms with Crippen LogP contribution in [0.5, 0.6) is 5.88 Å². The van der Waals surface area contributed by atoms with Crippen LogP contribution in [0, 0.1) is 0 Å².